The number of hydrogen-bond donors (Lipinski definition) is 2. The lowest BCUT2D eigenvalue weighted by atomic mass is 10.1. The molecule has 2 N–H and O–H groups in total. The maximum absolute atomic E-state index is 4.45. The molecule has 3 rings (SSSR count). The van der Waals surface area contributed by atoms with E-state index in [0.29, 0.717) is 0 Å². The molecule has 0 fully saturated rings. The average Bonchev–Trinajstić information content (AvgIpc) is 2.69. The van der Waals surface area contributed by atoms with E-state index in [0.717, 1.165) is 23.0 Å². The molecule has 90 valence electrons. The summed E-state index contributed by atoms with van der Waals surface area (Å²) in [5.41, 5.74) is 3.19. The van der Waals surface area contributed by atoms with E-state index in [9.17, 15) is 0 Å². The summed E-state index contributed by atoms with van der Waals surface area (Å²) in [5, 5.41) is 5.77. The summed E-state index contributed by atoms with van der Waals surface area (Å²) in [6.07, 6.45) is 0. The molecule has 0 saturated carbocycles. The maximum atomic E-state index is 4.45. The van der Waals surface area contributed by atoms with Gasteiger partial charge in [-0.3, -0.25) is 0 Å². The minimum atomic E-state index is 0.793. The molecule has 18 heavy (non-hydrogen) atoms. The molecule has 1 aromatic heterocycles. The van der Waals surface area contributed by atoms with Gasteiger partial charge in [0.2, 0.25) is 5.95 Å². The highest BCUT2D eigenvalue weighted by Crippen LogP contribution is 2.25. The Morgan fingerprint density at radius 3 is 2.56 bits per heavy atom. The van der Waals surface area contributed by atoms with Gasteiger partial charge in [-0.2, -0.15) is 0 Å². The normalized spacial score (nSPS) is 10.8. The number of imidazole rings is 1. The number of benzene rings is 2. The molecule has 3 aromatic rings. The van der Waals surface area contributed by atoms with Crippen LogP contribution in [-0.4, -0.2) is 9.97 Å². The smallest absolute Gasteiger partial charge is 0.205 e. The molecule has 3 nitrogen and oxygen atoms in total. The first-order valence-electron chi connectivity index (χ1n) is 6.02. The zero-order valence-corrected chi connectivity index (χ0v) is 10.5. The number of nitrogens with one attached hydrogen (secondary N) is 2. The molecule has 1 heterocycles. The fourth-order valence-corrected chi connectivity index (χ4v) is 2.07. The third kappa shape index (κ3) is 1.84. The second-order valence-electron chi connectivity index (χ2n) is 4.45. The van der Waals surface area contributed by atoms with E-state index in [1.165, 1.54) is 10.8 Å². The molecule has 0 atom stereocenters. The number of aromatic amines is 1. The number of nitrogens with zero attached hydrogens (tertiary/aromatic N) is 1. The number of anilines is 2. The van der Waals surface area contributed by atoms with E-state index in [1.807, 2.05) is 32.0 Å². The lowest BCUT2D eigenvalue weighted by Gasteiger charge is -2.07. The van der Waals surface area contributed by atoms with Gasteiger partial charge in [0.1, 0.15) is 0 Å². The average molecular weight is 237 g/mol. The van der Waals surface area contributed by atoms with Crippen molar-refractivity contribution in [1.29, 1.82) is 0 Å². The highest BCUT2D eigenvalue weighted by molar-refractivity contribution is 5.94. The molecular formula is C15H15N3. The van der Waals surface area contributed by atoms with Gasteiger partial charge in [0.25, 0.3) is 0 Å². The summed E-state index contributed by atoms with van der Waals surface area (Å²) in [7, 11) is 0. The van der Waals surface area contributed by atoms with E-state index < -0.39 is 0 Å². The van der Waals surface area contributed by atoms with Gasteiger partial charge in [0, 0.05) is 16.8 Å². The summed E-state index contributed by atoms with van der Waals surface area (Å²) in [6.45, 7) is 4.02. The minimum Gasteiger partial charge on any atom is -0.328 e. The Kier molecular flexibility index (Phi) is 2.52. The lowest BCUT2D eigenvalue weighted by Crippen LogP contribution is -1.93. The standard InChI is InChI=1S/C15H15N3/c1-10-11(2)17-15(16-10)18-14-9-5-7-12-6-3-4-8-13(12)14/h3-9H,1-2H3,(H2,16,17,18). The fourth-order valence-electron chi connectivity index (χ4n) is 2.07. The third-order valence-corrected chi connectivity index (χ3v) is 3.17. The van der Waals surface area contributed by atoms with Gasteiger partial charge in [-0.1, -0.05) is 36.4 Å². The van der Waals surface area contributed by atoms with Gasteiger partial charge in [0.05, 0.1) is 5.69 Å². The van der Waals surface area contributed by atoms with E-state index >= 15 is 0 Å². The van der Waals surface area contributed by atoms with Crippen LogP contribution in [0.1, 0.15) is 11.4 Å². The highest BCUT2D eigenvalue weighted by atomic mass is 15.1. The summed E-state index contributed by atoms with van der Waals surface area (Å²) in [4.78, 5) is 7.68. The van der Waals surface area contributed by atoms with Crippen LogP contribution < -0.4 is 5.32 Å². The van der Waals surface area contributed by atoms with Crippen LogP contribution in [0.2, 0.25) is 0 Å². The first-order valence-corrected chi connectivity index (χ1v) is 6.02. The number of aromatic nitrogens is 2. The van der Waals surface area contributed by atoms with Gasteiger partial charge in [0.15, 0.2) is 0 Å². The second-order valence-corrected chi connectivity index (χ2v) is 4.45. The van der Waals surface area contributed by atoms with Crippen LogP contribution in [0.3, 0.4) is 0 Å². The zero-order valence-electron chi connectivity index (χ0n) is 10.5. The number of fused-ring (bicyclic) bond motifs is 1. The monoisotopic (exact) mass is 237 g/mol. The Morgan fingerprint density at radius 1 is 1.00 bits per heavy atom. The lowest BCUT2D eigenvalue weighted by molar-refractivity contribution is 1.22. The number of aryl methyl sites for hydroxylation is 2. The minimum absolute atomic E-state index is 0.793. The molecule has 0 aliphatic heterocycles. The molecule has 0 spiro atoms. The molecule has 2 aromatic carbocycles. The molecule has 0 amide bonds. The van der Waals surface area contributed by atoms with E-state index in [-0.39, 0.29) is 0 Å². The van der Waals surface area contributed by atoms with Gasteiger partial charge in [-0.15, -0.1) is 0 Å². The maximum Gasteiger partial charge on any atom is 0.205 e. The van der Waals surface area contributed by atoms with Crippen LogP contribution >= 0.6 is 0 Å². The van der Waals surface area contributed by atoms with Crippen molar-refractivity contribution in [3.8, 4) is 0 Å². The van der Waals surface area contributed by atoms with Crippen molar-refractivity contribution in [3.05, 3.63) is 53.9 Å². The van der Waals surface area contributed by atoms with Crippen molar-refractivity contribution in [2.45, 2.75) is 13.8 Å². The van der Waals surface area contributed by atoms with Crippen molar-refractivity contribution in [1.82, 2.24) is 9.97 Å². The first kappa shape index (κ1) is 10.8. The Morgan fingerprint density at radius 2 is 1.78 bits per heavy atom. The number of hydrogen-bond acceptors (Lipinski definition) is 2. The molecular weight excluding hydrogens is 222 g/mol. The topological polar surface area (TPSA) is 40.7 Å². The van der Waals surface area contributed by atoms with E-state index in [1.54, 1.807) is 0 Å². The predicted octanol–water partition coefficient (Wildman–Crippen LogP) is 3.92. The van der Waals surface area contributed by atoms with Crippen LogP contribution in [0.15, 0.2) is 42.5 Å². The Hall–Kier alpha value is -2.29. The largest absolute Gasteiger partial charge is 0.328 e. The van der Waals surface area contributed by atoms with Gasteiger partial charge >= 0.3 is 0 Å². The van der Waals surface area contributed by atoms with E-state index in [2.05, 4.69) is 39.6 Å². The molecule has 0 aliphatic rings. The van der Waals surface area contributed by atoms with Gasteiger partial charge in [-0.05, 0) is 25.3 Å². The Labute approximate surface area is 106 Å². The van der Waals surface area contributed by atoms with Crippen LogP contribution in [0.25, 0.3) is 10.8 Å². The molecule has 3 heteroatoms. The van der Waals surface area contributed by atoms with Crippen molar-refractivity contribution >= 4 is 22.4 Å². The van der Waals surface area contributed by atoms with Crippen LogP contribution in [0.5, 0.6) is 0 Å². The van der Waals surface area contributed by atoms with E-state index in [4.69, 9.17) is 0 Å². The summed E-state index contributed by atoms with van der Waals surface area (Å²) in [6, 6.07) is 14.5. The SMILES string of the molecule is Cc1nc(Nc2cccc3ccccc23)[nH]c1C. The zero-order chi connectivity index (χ0) is 12.5. The summed E-state index contributed by atoms with van der Waals surface area (Å²) >= 11 is 0. The predicted molar refractivity (Wildman–Crippen MR) is 75.3 cm³/mol. The molecule has 0 saturated heterocycles. The molecule has 0 aliphatic carbocycles. The van der Waals surface area contributed by atoms with Gasteiger partial charge in [-0.25, -0.2) is 4.98 Å². The van der Waals surface area contributed by atoms with Crippen LogP contribution in [0, 0.1) is 13.8 Å². The molecule has 0 unspecified atom stereocenters. The van der Waals surface area contributed by atoms with Crippen molar-refractivity contribution < 1.29 is 0 Å². The third-order valence-electron chi connectivity index (χ3n) is 3.17. The summed E-state index contributed by atoms with van der Waals surface area (Å²) in [5.74, 6) is 0.793. The fraction of sp³-hybridized carbons (Fsp3) is 0.133. The number of H-pyrrole nitrogens is 1. The van der Waals surface area contributed by atoms with Crippen LogP contribution in [-0.2, 0) is 0 Å². The number of rotatable bonds is 2. The highest BCUT2D eigenvalue weighted by Gasteiger charge is 2.04. The van der Waals surface area contributed by atoms with Crippen molar-refractivity contribution in [3.63, 3.8) is 0 Å². The van der Waals surface area contributed by atoms with Crippen molar-refractivity contribution in [2.75, 3.05) is 5.32 Å². The Bertz CT molecular complexity index is 673. The van der Waals surface area contributed by atoms with Crippen LogP contribution in [0.4, 0.5) is 11.6 Å². The molecule has 0 bridgehead atoms. The van der Waals surface area contributed by atoms with Gasteiger partial charge < -0.3 is 10.3 Å². The van der Waals surface area contributed by atoms with Crippen molar-refractivity contribution in [2.24, 2.45) is 0 Å². The Balaban J connectivity index is 2.04. The molecule has 0 radical (unpaired) electrons. The quantitative estimate of drug-likeness (QED) is 0.709. The first-order chi connectivity index (χ1) is 8.74. The second kappa shape index (κ2) is 4.18. The summed E-state index contributed by atoms with van der Waals surface area (Å²) < 4.78 is 0.